The van der Waals surface area contributed by atoms with Gasteiger partial charge in [-0.15, -0.1) is 0 Å². The van der Waals surface area contributed by atoms with E-state index in [2.05, 4.69) is 5.32 Å². The lowest BCUT2D eigenvalue weighted by molar-refractivity contribution is -0.174. The smallest absolute Gasteiger partial charge is 0.364 e. The maximum Gasteiger partial charge on any atom is 0.408 e. The zero-order valence-electron chi connectivity index (χ0n) is 11.3. The third kappa shape index (κ3) is 3.63. The van der Waals surface area contributed by atoms with Crippen LogP contribution in [-0.2, 0) is 9.53 Å². The second-order valence-corrected chi connectivity index (χ2v) is 5.63. The highest BCUT2D eigenvalue weighted by atomic mass is 19.4. The Hall–Kier alpha value is -0.820. The molecule has 3 atom stereocenters. The van der Waals surface area contributed by atoms with Gasteiger partial charge < -0.3 is 15.8 Å². The summed E-state index contributed by atoms with van der Waals surface area (Å²) < 4.78 is 44.6. The molecule has 1 heterocycles. The second-order valence-electron chi connectivity index (χ2n) is 5.63. The van der Waals surface area contributed by atoms with Crippen LogP contribution < -0.4 is 11.1 Å². The van der Waals surface area contributed by atoms with Crippen LogP contribution in [0, 0.1) is 5.92 Å². The molecule has 1 aliphatic heterocycles. The lowest BCUT2D eigenvalue weighted by Gasteiger charge is -2.28. The van der Waals surface area contributed by atoms with Gasteiger partial charge in [0.25, 0.3) is 0 Å². The van der Waals surface area contributed by atoms with Gasteiger partial charge in [-0.25, -0.2) is 0 Å². The summed E-state index contributed by atoms with van der Waals surface area (Å²) in [6, 6.07) is -1.75. The second kappa shape index (κ2) is 6.30. The third-order valence-corrected chi connectivity index (χ3v) is 4.18. The maximum atomic E-state index is 13.1. The topological polar surface area (TPSA) is 64.4 Å². The van der Waals surface area contributed by atoms with Crippen LogP contribution in [-0.4, -0.2) is 36.9 Å². The fourth-order valence-corrected chi connectivity index (χ4v) is 3.08. The summed E-state index contributed by atoms with van der Waals surface area (Å²) in [5.41, 5.74) is 5.43. The van der Waals surface area contributed by atoms with Crippen molar-refractivity contribution in [1.82, 2.24) is 5.32 Å². The summed E-state index contributed by atoms with van der Waals surface area (Å²) >= 11 is 0. The minimum Gasteiger partial charge on any atom is -0.364 e. The normalized spacial score (nSPS) is 29.6. The SMILES string of the molecule is NC[C@H]1CC[C@@H](C(=O)NC(C2CCCC2)C(F)(F)F)O1. The number of carbonyl (C=O) groups is 1. The van der Waals surface area contributed by atoms with E-state index in [4.69, 9.17) is 10.5 Å². The lowest BCUT2D eigenvalue weighted by Crippen LogP contribution is -2.52. The molecular formula is C13H21F3N2O2. The Bertz CT molecular complexity index is 343. The van der Waals surface area contributed by atoms with Gasteiger partial charge in [0.15, 0.2) is 0 Å². The zero-order valence-corrected chi connectivity index (χ0v) is 11.3. The van der Waals surface area contributed by atoms with Crippen LogP contribution >= 0.6 is 0 Å². The molecule has 116 valence electrons. The van der Waals surface area contributed by atoms with E-state index < -0.39 is 30.1 Å². The van der Waals surface area contributed by atoms with E-state index in [-0.39, 0.29) is 12.6 Å². The standard InChI is InChI=1S/C13H21F3N2O2/c14-13(15,16)11(8-3-1-2-4-8)18-12(19)10-6-5-9(7-17)20-10/h8-11H,1-7,17H2,(H,18,19)/t9-,10+,11?/m1/s1. The van der Waals surface area contributed by atoms with Crippen molar-refractivity contribution in [2.45, 2.75) is 63.0 Å². The van der Waals surface area contributed by atoms with Crippen molar-refractivity contribution in [2.24, 2.45) is 11.7 Å². The molecule has 1 saturated heterocycles. The van der Waals surface area contributed by atoms with Crippen LogP contribution in [0.25, 0.3) is 0 Å². The Morgan fingerprint density at radius 3 is 2.40 bits per heavy atom. The summed E-state index contributed by atoms with van der Waals surface area (Å²) in [6.07, 6.45) is -1.75. The lowest BCUT2D eigenvalue weighted by atomic mass is 9.97. The fraction of sp³-hybridized carbons (Fsp3) is 0.923. The number of rotatable bonds is 4. The summed E-state index contributed by atoms with van der Waals surface area (Å²) in [5, 5.41) is 2.16. The molecule has 0 aromatic rings. The third-order valence-electron chi connectivity index (χ3n) is 4.18. The van der Waals surface area contributed by atoms with Gasteiger partial charge in [0.05, 0.1) is 6.10 Å². The number of hydrogen-bond donors (Lipinski definition) is 2. The molecule has 2 rings (SSSR count). The van der Waals surface area contributed by atoms with Gasteiger partial charge in [-0.05, 0) is 31.6 Å². The molecule has 1 saturated carbocycles. The van der Waals surface area contributed by atoms with Crippen LogP contribution in [0.3, 0.4) is 0 Å². The first-order valence-electron chi connectivity index (χ1n) is 7.14. The highest BCUT2D eigenvalue weighted by Crippen LogP contribution is 2.36. The minimum atomic E-state index is -4.41. The van der Waals surface area contributed by atoms with Crippen molar-refractivity contribution in [1.29, 1.82) is 0 Å². The molecule has 0 aromatic carbocycles. The van der Waals surface area contributed by atoms with Crippen LogP contribution in [0.4, 0.5) is 13.2 Å². The fourth-order valence-electron chi connectivity index (χ4n) is 3.08. The van der Waals surface area contributed by atoms with Gasteiger partial charge in [-0.2, -0.15) is 13.2 Å². The Labute approximate surface area is 116 Å². The summed E-state index contributed by atoms with van der Waals surface area (Å²) in [6.45, 7) is 0.287. The van der Waals surface area contributed by atoms with Crippen molar-refractivity contribution in [3.8, 4) is 0 Å². The van der Waals surface area contributed by atoms with Crippen molar-refractivity contribution in [2.75, 3.05) is 6.54 Å². The number of halogens is 3. The van der Waals surface area contributed by atoms with Crippen molar-refractivity contribution in [3.63, 3.8) is 0 Å². The highest BCUT2D eigenvalue weighted by molar-refractivity contribution is 5.81. The van der Waals surface area contributed by atoms with Gasteiger partial charge in [0.2, 0.25) is 5.91 Å². The summed E-state index contributed by atoms with van der Waals surface area (Å²) in [4.78, 5) is 11.9. The Morgan fingerprint density at radius 2 is 1.90 bits per heavy atom. The largest absolute Gasteiger partial charge is 0.408 e. The molecule has 3 N–H and O–H groups in total. The molecule has 0 aromatic heterocycles. The Kier molecular flexibility index (Phi) is 4.90. The number of hydrogen-bond acceptors (Lipinski definition) is 3. The molecule has 0 bridgehead atoms. The van der Waals surface area contributed by atoms with Gasteiger partial charge >= 0.3 is 6.18 Å². The Morgan fingerprint density at radius 1 is 1.25 bits per heavy atom. The van der Waals surface area contributed by atoms with E-state index in [1.54, 1.807) is 0 Å². The van der Waals surface area contributed by atoms with Crippen LogP contribution in [0.15, 0.2) is 0 Å². The summed E-state index contributed by atoms with van der Waals surface area (Å²) in [5.74, 6) is -1.17. The first kappa shape index (κ1) is 15.6. The van der Waals surface area contributed by atoms with Gasteiger partial charge in [0.1, 0.15) is 12.1 Å². The number of nitrogens with one attached hydrogen (secondary N) is 1. The number of nitrogens with two attached hydrogens (primary N) is 1. The average molecular weight is 294 g/mol. The number of amides is 1. The van der Waals surface area contributed by atoms with E-state index in [9.17, 15) is 18.0 Å². The first-order valence-corrected chi connectivity index (χ1v) is 7.14. The molecule has 2 aliphatic rings. The van der Waals surface area contributed by atoms with E-state index in [1.165, 1.54) is 0 Å². The van der Waals surface area contributed by atoms with Gasteiger partial charge in [-0.1, -0.05) is 12.8 Å². The van der Waals surface area contributed by atoms with Gasteiger partial charge in [-0.3, -0.25) is 4.79 Å². The van der Waals surface area contributed by atoms with E-state index in [0.717, 1.165) is 12.8 Å². The van der Waals surface area contributed by atoms with Crippen molar-refractivity contribution < 1.29 is 22.7 Å². The number of ether oxygens (including phenoxy) is 1. The monoisotopic (exact) mass is 294 g/mol. The van der Waals surface area contributed by atoms with E-state index in [1.807, 2.05) is 0 Å². The van der Waals surface area contributed by atoms with Crippen LogP contribution in [0.5, 0.6) is 0 Å². The van der Waals surface area contributed by atoms with E-state index in [0.29, 0.717) is 25.7 Å². The van der Waals surface area contributed by atoms with E-state index >= 15 is 0 Å². The van der Waals surface area contributed by atoms with Crippen molar-refractivity contribution >= 4 is 5.91 Å². The molecule has 1 aliphatic carbocycles. The molecular weight excluding hydrogens is 273 g/mol. The molecule has 1 unspecified atom stereocenters. The highest BCUT2D eigenvalue weighted by Gasteiger charge is 2.47. The number of carbonyl (C=O) groups excluding carboxylic acids is 1. The average Bonchev–Trinajstić information content (AvgIpc) is 3.04. The zero-order chi connectivity index (χ0) is 14.8. The first-order chi connectivity index (χ1) is 9.41. The molecule has 0 radical (unpaired) electrons. The quantitative estimate of drug-likeness (QED) is 0.830. The van der Waals surface area contributed by atoms with Crippen LogP contribution in [0.1, 0.15) is 38.5 Å². The molecule has 20 heavy (non-hydrogen) atoms. The predicted octanol–water partition coefficient (Wildman–Crippen LogP) is 1.73. The Balaban J connectivity index is 1.95. The molecule has 2 fully saturated rings. The van der Waals surface area contributed by atoms with Crippen molar-refractivity contribution in [3.05, 3.63) is 0 Å². The number of alkyl halides is 3. The molecule has 4 nitrogen and oxygen atoms in total. The predicted molar refractivity (Wildman–Crippen MR) is 66.9 cm³/mol. The summed E-state index contributed by atoms with van der Waals surface area (Å²) in [7, 11) is 0. The maximum absolute atomic E-state index is 13.1. The van der Waals surface area contributed by atoms with Crippen LogP contribution in [0.2, 0.25) is 0 Å². The molecule has 0 spiro atoms. The minimum absolute atomic E-state index is 0.221. The molecule has 1 amide bonds. The molecule has 7 heteroatoms. The van der Waals surface area contributed by atoms with Gasteiger partial charge in [0, 0.05) is 6.54 Å².